The van der Waals surface area contributed by atoms with Crippen molar-refractivity contribution in [2.75, 3.05) is 0 Å². The number of rotatable bonds is 2. The Labute approximate surface area is 309 Å². The lowest BCUT2D eigenvalue weighted by Crippen LogP contribution is -1.99. The van der Waals surface area contributed by atoms with Crippen molar-refractivity contribution < 1.29 is 0 Å². The van der Waals surface area contributed by atoms with Gasteiger partial charge in [-0.3, -0.25) is 0 Å². The standard InChI is InChI=1S/C51H29NS/c1-2-12-32-29(11-1)25-28-42-48-47-41-21-10-19-36-34-13-3-4-15-37(34)45(44(36)41)46(47)38-16-5-6-17-39(38)50(48)52(49(32)42)31-26-23-30(24-27-31)33-18-9-20-40-35-14-7-8-22-43(35)53-51(33)40/h1-28,45H. The van der Waals surface area contributed by atoms with E-state index >= 15 is 0 Å². The number of hydrogen-bond acceptors (Lipinski definition) is 1. The molecule has 1 nitrogen and oxygen atoms in total. The number of hydrogen-bond donors (Lipinski definition) is 0. The summed E-state index contributed by atoms with van der Waals surface area (Å²) in [6.07, 6.45) is 0. The monoisotopic (exact) mass is 687 g/mol. The van der Waals surface area contributed by atoms with E-state index in [1.54, 1.807) is 0 Å². The molecule has 11 aromatic rings. The van der Waals surface area contributed by atoms with E-state index in [0.717, 1.165) is 0 Å². The fourth-order valence-electron chi connectivity index (χ4n) is 10.1. The molecule has 2 heterocycles. The van der Waals surface area contributed by atoms with Crippen molar-refractivity contribution in [3.8, 4) is 39.1 Å². The van der Waals surface area contributed by atoms with Crippen LogP contribution in [0.3, 0.4) is 0 Å². The summed E-state index contributed by atoms with van der Waals surface area (Å²) in [5.41, 5.74) is 16.2. The van der Waals surface area contributed by atoms with Crippen LogP contribution in [0.2, 0.25) is 0 Å². The molecule has 1 atom stereocenters. The molecular formula is C51H29NS. The van der Waals surface area contributed by atoms with Gasteiger partial charge in [0.2, 0.25) is 0 Å². The molecule has 2 aliphatic carbocycles. The third-order valence-corrected chi connectivity index (χ3v) is 13.4. The molecule has 2 aromatic heterocycles. The molecule has 0 spiro atoms. The number of benzene rings is 9. The Morgan fingerprint density at radius 1 is 0.415 bits per heavy atom. The summed E-state index contributed by atoms with van der Waals surface area (Å²) < 4.78 is 5.26. The second-order valence-electron chi connectivity index (χ2n) is 14.7. The fraction of sp³-hybridized carbons (Fsp3) is 0.0196. The molecule has 0 saturated heterocycles. The summed E-state index contributed by atoms with van der Waals surface area (Å²) in [5.74, 6) is 0.233. The molecule has 1 unspecified atom stereocenters. The predicted octanol–water partition coefficient (Wildman–Crippen LogP) is 14.3. The van der Waals surface area contributed by atoms with Crippen molar-refractivity contribution >= 4 is 74.9 Å². The van der Waals surface area contributed by atoms with E-state index in [-0.39, 0.29) is 5.92 Å². The Bertz CT molecular complexity index is 3390. The van der Waals surface area contributed by atoms with Gasteiger partial charge in [0.05, 0.1) is 11.0 Å². The average Bonchev–Trinajstić information content (AvgIpc) is 3.97. The SMILES string of the molecule is c1ccc2c(c1)-c1cccc3c1C2c1c-3c2c3ccc4ccccc4c3n(-c3ccc(-c4cccc5c4sc4ccccc45)cc3)c2c2ccccc12. The first kappa shape index (κ1) is 28.1. The summed E-state index contributed by atoms with van der Waals surface area (Å²) >= 11 is 1.89. The molecule has 9 aromatic carbocycles. The largest absolute Gasteiger partial charge is 0.308 e. The molecule has 0 amide bonds. The Morgan fingerprint density at radius 3 is 2.00 bits per heavy atom. The summed E-state index contributed by atoms with van der Waals surface area (Å²) in [6, 6.07) is 63.7. The van der Waals surface area contributed by atoms with Crippen LogP contribution in [0.4, 0.5) is 0 Å². The lowest BCUT2D eigenvalue weighted by molar-refractivity contribution is 1.07. The topological polar surface area (TPSA) is 4.93 Å². The first-order valence-corrected chi connectivity index (χ1v) is 19.3. The molecule has 2 aliphatic rings. The minimum absolute atomic E-state index is 0.233. The van der Waals surface area contributed by atoms with Crippen LogP contribution in [0.1, 0.15) is 22.6 Å². The van der Waals surface area contributed by atoms with Gasteiger partial charge in [-0.2, -0.15) is 0 Å². The molecule has 2 heteroatoms. The molecule has 0 aliphatic heterocycles. The maximum atomic E-state index is 2.58. The average molecular weight is 688 g/mol. The smallest absolute Gasteiger partial charge is 0.0626 e. The number of nitrogens with zero attached hydrogens (tertiary/aromatic N) is 1. The van der Waals surface area contributed by atoms with Crippen LogP contribution in [0, 0.1) is 0 Å². The summed E-state index contributed by atoms with van der Waals surface area (Å²) in [7, 11) is 0. The van der Waals surface area contributed by atoms with E-state index in [2.05, 4.69) is 174 Å². The van der Waals surface area contributed by atoms with Gasteiger partial charge < -0.3 is 4.57 Å². The van der Waals surface area contributed by atoms with E-state index in [9.17, 15) is 0 Å². The molecule has 0 saturated carbocycles. The van der Waals surface area contributed by atoms with E-state index in [1.165, 1.54) is 119 Å². The second-order valence-corrected chi connectivity index (χ2v) is 15.7. The third-order valence-electron chi connectivity index (χ3n) is 12.2. The summed E-state index contributed by atoms with van der Waals surface area (Å²) in [6.45, 7) is 0. The molecule has 244 valence electrons. The van der Waals surface area contributed by atoms with Gasteiger partial charge in [-0.25, -0.2) is 0 Å². The van der Waals surface area contributed by atoms with Crippen molar-refractivity contribution in [2.24, 2.45) is 0 Å². The molecule has 0 N–H and O–H groups in total. The Balaban J connectivity index is 1.15. The van der Waals surface area contributed by atoms with Gasteiger partial charge in [-0.05, 0) is 79.0 Å². The summed E-state index contributed by atoms with van der Waals surface area (Å²) in [4.78, 5) is 0. The highest BCUT2D eigenvalue weighted by molar-refractivity contribution is 7.26. The number of aromatic nitrogens is 1. The van der Waals surface area contributed by atoms with E-state index < -0.39 is 0 Å². The third kappa shape index (κ3) is 3.52. The predicted molar refractivity (Wildman–Crippen MR) is 226 cm³/mol. The molecule has 0 fully saturated rings. The fourth-order valence-corrected chi connectivity index (χ4v) is 11.4. The highest BCUT2D eigenvalue weighted by Crippen LogP contribution is 2.62. The van der Waals surface area contributed by atoms with Gasteiger partial charge in [0.15, 0.2) is 0 Å². The molecule has 0 radical (unpaired) electrons. The van der Waals surface area contributed by atoms with Crippen LogP contribution >= 0.6 is 11.3 Å². The van der Waals surface area contributed by atoms with Crippen molar-refractivity contribution in [2.45, 2.75) is 5.92 Å². The highest BCUT2D eigenvalue weighted by atomic mass is 32.1. The van der Waals surface area contributed by atoms with Gasteiger partial charge in [-0.15, -0.1) is 11.3 Å². The maximum Gasteiger partial charge on any atom is 0.0626 e. The van der Waals surface area contributed by atoms with Crippen LogP contribution in [0.15, 0.2) is 170 Å². The Morgan fingerprint density at radius 2 is 1.09 bits per heavy atom. The first-order valence-electron chi connectivity index (χ1n) is 18.5. The molecule has 0 bridgehead atoms. The lowest BCUT2D eigenvalue weighted by Gasteiger charge is -2.17. The summed E-state index contributed by atoms with van der Waals surface area (Å²) in [5, 5.41) is 10.5. The Kier molecular flexibility index (Phi) is 5.36. The van der Waals surface area contributed by atoms with Crippen molar-refractivity contribution in [1.82, 2.24) is 4.57 Å². The number of fused-ring (bicyclic) bond motifs is 18. The van der Waals surface area contributed by atoms with Gasteiger partial charge in [0, 0.05) is 53.3 Å². The lowest BCUT2D eigenvalue weighted by atomic mass is 9.87. The molecular weight excluding hydrogens is 659 g/mol. The van der Waals surface area contributed by atoms with Crippen molar-refractivity contribution in [1.29, 1.82) is 0 Å². The first-order chi connectivity index (χ1) is 26.3. The minimum Gasteiger partial charge on any atom is -0.308 e. The van der Waals surface area contributed by atoms with Crippen LogP contribution < -0.4 is 0 Å². The Hall–Kier alpha value is -6.48. The van der Waals surface area contributed by atoms with Crippen molar-refractivity contribution in [3.05, 3.63) is 187 Å². The van der Waals surface area contributed by atoms with E-state index in [0.29, 0.717) is 0 Å². The normalized spacial score (nSPS) is 14.2. The maximum absolute atomic E-state index is 2.58. The van der Waals surface area contributed by atoms with Crippen LogP contribution in [-0.4, -0.2) is 4.57 Å². The van der Waals surface area contributed by atoms with Gasteiger partial charge in [-0.1, -0.05) is 152 Å². The van der Waals surface area contributed by atoms with Crippen LogP contribution in [0.25, 0.3) is 103 Å². The number of thiophene rings is 1. The van der Waals surface area contributed by atoms with E-state index in [1.807, 2.05) is 11.3 Å². The van der Waals surface area contributed by atoms with Crippen molar-refractivity contribution in [3.63, 3.8) is 0 Å². The minimum atomic E-state index is 0.233. The molecule has 13 rings (SSSR count). The van der Waals surface area contributed by atoms with E-state index in [4.69, 9.17) is 0 Å². The molecule has 53 heavy (non-hydrogen) atoms. The van der Waals surface area contributed by atoms with Gasteiger partial charge in [0.1, 0.15) is 0 Å². The van der Waals surface area contributed by atoms with Gasteiger partial charge in [0.25, 0.3) is 0 Å². The zero-order chi connectivity index (χ0) is 34.4. The zero-order valence-corrected chi connectivity index (χ0v) is 29.4. The second kappa shape index (κ2) is 10.1. The van der Waals surface area contributed by atoms with Crippen LogP contribution in [0.5, 0.6) is 0 Å². The zero-order valence-electron chi connectivity index (χ0n) is 28.6. The highest BCUT2D eigenvalue weighted by Gasteiger charge is 2.41. The van der Waals surface area contributed by atoms with Gasteiger partial charge >= 0.3 is 0 Å². The quantitative estimate of drug-likeness (QED) is 0.170. The van der Waals surface area contributed by atoms with Crippen LogP contribution in [-0.2, 0) is 0 Å².